The van der Waals surface area contributed by atoms with E-state index in [4.69, 9.17) is 9.47 Å². The average molecular weight is 368 g/mol. The molecule has 1 N–H and O–H groups in total. The van der Waals surface area contributed by atoms with Crippen molar-refractivity contribution in [2.24, 2.45) is 5.92 Å². The van der Waals surface area contributed by atoms with E-state index in [9.17, 15) is 4.79 Å². The third-order valence-electron chi connectivity index (χ3n) is 7.39. The minimum Gasteiger partial charge on any atom is -0.493 e. The second-order valence-corrected chi connectivity index (χ2v) is 8.51. The van der Waals surface area contributed by atoms with E-state index in [-0.39, 0.29) is 23.5 Å². The van der Waals surface area contributed by atoms with Gasteiger partial charge in [0.1, 0.15) is 6.10 Å². The Labute approximate surface area is 160 Å². The summed E-state index contributed by atoms with van der Waals surface area (Å²) in [4.78, 5) is 14.5. The first kappa shape index (κ1) is 17.1. The number of hydrogen-bond acceptors (Lipinski definition) is 4. The Kier molecular flexibility index (Phi) is 3.80. The standard InChI is InChI=1S/C22H28N2O3/c1-4-10-24-11-9-22-15-6-7-16(23-13(2)25)21(22)27-20-18(26-3)8-5-14(19(20)22)12-17(15)24/h4-5,8,15-17,21H,1,6-7,9-12H2,2-3H3,(H,23,25)/t15-,16?,17+,21?,22-/m1/s1. The van der Waals surface area contributed by atoms with Crippen LogP contribution in [0.3, 0.4) is 0 Å². The second-order valence-electron chi connectivity index (χ2n) is 8.51. The lowest BCUT2D eigenvalue weighted by atomic mass is 9.51. The van der Waals surface area contributed by atoms with Gasteiger partial charge in [0.15, 0.2) is 11.5 Å². The Bertz CT molecular complexity index is 807. The molecule has 144 valence electrons. The van der Waals surface area contributed by atoms with Crippen LogP contribution >= 0.6 is 0 Å². The second kappa shape index (κ2) is 5.99. The van der Waals surface area contributed by atoms with E-state index in [0.29, 0.717) is 12.0 Å². The highest BCUT2D eigenvalue weighted by atomic mass is 16.5. The number of benzene rings is 1. The Hall–Kier alpha value is -2.01. The molecule has 1 saturated carbocycles. The first-order valence-electron chi connectivity index (χ1n) is 10.1. The fraction of sp³-hybridized carbons (Fsp3) is 0.591. The SMILES string of the molecule is C=CCN1CC[C@@]23c4c5ccc(OC)c4OC2C(NC(C)=O)CC[C@@H]3[C@@H]1C5. The zero-order valence-corrected chi connectivity index (χ0v) is 16.2. The van der Waals surface area contributed by atoms with Gasteiger partial charge in [-0.2, -0.15) is 0 Å². The number of piperidine rings is 1. The van der Waals surface area contributed by atoms with E-state index >= 15 is 0 Å². The molecule has 5 heteroatoms. The number of carbonyl (C=O) groups excluding carboxylic acids is 1. The van der Waals surface area contributed by atoms with E-state index in [0.717, 1.165) is 50.3 Å². The molecule has 5 nitrogen and oxygen atoms in total. The van der Waals surface area contributed by atoms with Gasteiger partial charge in [-0.3, -0.25) is 9.69 Å². The summed E-state index contributed by atoms with van der Waals surface area (Å²) in [6.45, 7) is 7.57. The van der Waals surface area contributed by atoms with Gasteiger partial charge in [-0.05, 0) is 49.8 Å². The minimum absolute atomic E-state index is 0.00104. The first-order chi connectivity index (χ1) is 13.1. The van der Waals surface area contributed by atoms with Gasteiger partial charge in [0, 0.05) is 30.5 Å². The maximum atomic E-state index is 11.9. The van der Waals surface area contributed by atoms with Crippen LogP contribution in [0.4, 0.5) is 0 Å². The molecule has 5 rings (SSSR count). The van der Waals surface area contributed by atoms with Crippen LogP contribution in [-0.4, -0.2) is 49.2 Å². The highest BCUT2D eigenvalue weighted by molar-refractivity contribution is 5.73. The fourth-order valence-electron chi connectivity index (χ4n) is 6.58. The Balaban J connectivity index is 1.67. The number of amides is 1. The van der Waals surface area contributed by atoms with Gasteiger partial charge in [0.2, 0.25) is 5.91 Å². The molecular weight excluding hydrogens is 340 g/mol. The van der Waals surface area contributed by atoms with Crippen LogP contribution in [0.2, 0.25) is 0 Å². The molecule has 0 aromatic heterocycles. The minimum atomic E-state index is -0.00877. The van der Waals surface area contributed by atoms with Gasteiger partial charge in [-0.15, -0.1) is 6.58 Å². The molecule has 2 bridgehead atoms. The van der Waals surface area contributed by atoms with Gasteiger partial charge in [0.25, 0.3) is 0 Å². The molecule has 2 heterocycles. The fourth-order valence-corrected chi connectivity index (χ4v) is 6.58. The van der Waals surface area contributed by atoms with Crippen molar-refractivity contribution in [1.82, 2.24) is 10.2 Å². The van der Waals surface area contributed by atoms with Gasteiger partial charge >= 0.3 is 0 Å². The van der Waals surface area contributed by atoms with Crippen molar-refractivity contribution in [2.45, 2.75) is 56.2 Å². The van der Waals surface area contributed by atoms with Gasteiger partial charge < -0.3 is 14.8 Å². The number of nitrogens with one attached hydrogen (secondary N) is 1. The lowest BCUT2D eigenvalue weighted by Crippen LogP contribution is -2.68. The molecule has 2 fully saturated rings. The van der Waals surface area contributed by atoms with Crippen LogP contribution in [0.25, 0.3) is 0 Å². The van der Waals surface area contributed by atoms with Crippen molar-refractivity contribution in [3.63, 3.8) is 0 Å². The summed E-state index contributed by atoms with van der Waals surface area (Å²) >= 11 is 0. The molecule has 1 amide bonds. The van der Waals surface area contributed by atoms with Crippen LogP contribution < -0.4 is 14.8 Å². The van der Waals surface area contributed by atoms with Crippen LogP contribution in [-0.2, 0) is 16.6 Å². The summed E-state index contributed by atoms with van der Waals surface area (Å²) < 4.78 is 12.3. The van der Waals surface area contributed by atoms with Crippen molar-refractivity contribution in [3.8, 4) is 11.5 Å². The lowest BCUT2D eigenvalue weighted by molar-refractivity contribution is -0.122. The van der Waals surface area contributed by atoms with Crippen molar-refractivity contribution < 1.29 is 14.3 Å². The monoisotopic (exact) mass is 368 g/mol. The van der Waals surface area contributed by atoms with E-state index in [2.05, 4.69) is 22.9 Å². The molecule has 1 aromatic rings. The first-order valence-corrected chi connectivity index (χ1v) is 10.1. The van der Waals surface area contributed by atoms with Crippen LogP contribution in [0.5, 0.6) is 11.5 Å². The summed E-state index contributed by atoms with van der Waals surface area (Å²) in [7, 11) is 1.71. The summed E-state index contributed by atoms with van der Waals surface area (Å²) in [6, 6.07) is 4.86. The molecule has 27 heavy (non-hydrogen) atoms. The summed E-state index contributed by atoms with van der Waals surface area (Å²) in [5.41, 5.74) is 2.76. The molecule has 4 aliphatic rings. The smallest absolute Gasteiger partial charge is 0.217 e. The zero-order chi connectivity index (χ0) is 18.8. The summed E-state index contributed by atoms with van der Waals surface area (Å²) in [5.74, 6) is 2.34. The van der Waals surface area contributed by atoms with E-state index in [1.54, 1.807) is 14.0 Å². The van der Waals surface area contributed by atoms with Crippen LogP contribution in [0.1, 0.15) is 37.3 Å². The third-order valence-corrected chi connectivity index (χ3v) is 7.39. The van der Waals surface area contributed by atoms with Crippen LogP contribution in [0, 0.1) is 5.92 Å². The molecule has 0 radical (unpaired) electrons. The van der Waals surface area contributed by atoms with Gasteiger partial charge in [-0.25, -0.2) is 0 Å². The molecule has 2 unspecified atom stereocenters. The number of nitrogens with zero attached hydrogens (tertiary/aromatic N) is 1. The molecule has 2 aliphatic heterocycles. The predicted molar refractivity (Wildman–Crippen MR) is 103 cm³/mol. The number of hydrogen-bond donors (Lipinski definition) is 1. The molecular formula is C22H28N2O3. The van der Waals surface area contributed by atoms with Gasteiger partial charge in [0.05, 0.1) is 13.2 Å². The number of likely N-dealkylation sites (tertiary alicyclic amines) is 1. The molecule has 1 saturated heterocycles. The van der Waals surface area contributed by atoms with Crippen molar-refractivity contribution in [2.75, 3.05) is 20.2 Å². The topological polar surface area (TPSA) is 50.8 Å². The molecule has 1 spiro atoms. The Morgan fingerprint density at radius 3 is 3.07 bits per heavy atom. The van der Waals surface area contributed by atoms with E-state index in [1.165, 1.54) is 11.1 Å². The summed E-state index contributed by atoms with van der Waals surface area (Å²) in [5, 5.41) is 3.19. The maximum absolute atomic E-state index is 11.9. The van der Waals surface area contributed by atoms with E-state index in [1.807, 2.05) is 12.1 Å². The summed E-state index contributed by atoms with van der Waals surface area (Å²) in [6.07, 6.45) is 6.25. The molecule has 1 aromatic carbocycles. The highest BCUT2D eigenvalue weighted by Gasteiger charge is 2.65. The predicted octanol–water partition coefficient (Wildman–Crippen LogP) is 2.43. The normalized spacial score (nSPS) is 35.8. The van der Waals surface area contributed by atoms with Crippen molar-refractivity contribution in [3.05, 3.63) is 35.9 Å². The molecule has 5 atom stereocenters. The largest absolute Gasteiger partial charge is 0.493 e. The Morgan fingerprint density at radius 2 is 2.33 bits per heavy atom. The van der Waals surface area contributed by atoms with Crippen molar-refractivity contribution in [1.29, 1.82) is 0 Å². The molecule has 2 aliphatic carbocycles. The maximum Gasteiger partial charge on any atom is 0.217 e. The van der Waals surface area contributed by atoms with Crippen LogP contribution in [0.15, 0.2) is 24.8 Å². The van der Waals surface area contributed by atoms with Crippen molar-refractivity contribution >= 4 is 5.91 Å². The highest BCUT2D eigenvalue weighted by Crippen LogP contribution is 2.63. The quantitative estimate of drug-likeness (QED) is 0.830. The number of ether oxygens (including phenoxy) is 2. The number of carbonyl (C=O) groups is 1. The Morgan fingerprint density at radius 1 is 1.48 bits per heavy atom. The number of methoxy groups -OCH3 is 1. The average Bonchev–Trinajstić information content (AvgIpc) is 2.99. The lowest BCUT2D eigenvalue weighted by Gasteiger charge is -2.59. The van der Waals surface area contributed by atoms with E-state index < -0.39 is 0 Å². The zero-order valence-electron chi connectivity index (χ0n) is 16.2. The number of rotatable bonds is 4. The van der Waals surface area contributed by atoms with Gasteiger partial charge in [-0.1, -0.05) is 12.1 Å². The third kappa shape index (κ3) is 2.18.